The predicted octanol–water partition coefficient (Wildman–Crippen LogP) is 3.26. The maximum absolute atomic E-state index is 11.0. The zero-order valence-electron chi connectivity index (χ0n) is 12.7. The van der Waals surface area contributed by atoms with Gasteiger partial charge in [0.15, 0.2) is 0 Å². The number of hydrogen-bond acceptors (Lipinski definition) is 3. The van der Waals surface area contributed by atoms with Crippen molar-refractivity contribution in [2.75, 3.05) is 18.0 Å². The van der Waals surface area contributed by atoms with E-state index in [4.69, 9.17) is 5.11 Å². The maximum Gasteiger partial charge on any atom is 0.306 e. The first kappa shape index (κ1) is 15.8. The highest BCUT2D eigenvalue weighted by atomic mass is 79.9. The molecule has 1 atom stereocenters. The molecule has 0 radical (unpaired) electrons. The Labute approximate surface area is 140 Å². The maximum atomic E-state index is 11.0. The van der Waals surface area contributed by atoms with Crippen LogP contribution in [0.4, 0.5) is 5.69 Å². The molecule has 2 fully saturated rings. The van der Waals surface area contributed by atoms with Gasteiger partial charge in [0.25, 0.3) is 0 Å². The summed E-state index contributed by atoms with van der Waals surface area (Å²) in [7, 11) is 0. The average molecular weight is 367 g/mol. The lowest BCUT2D eigenvalue weighted by molar-refractivity contribution is -0.142. The Bertz CT molecular complexity index is 512. The van der Waals surface area contributed by atoms with Crippen molar-refractivity contribution in [3.05, 3.63) is 28.7 Å². The van der Waals surface area contributed by atoms with Crippen LogP contribution in [0.25, 0.3) is 0 Å². The summed E-state index contributed by atoms with van der Waals surface area (Å²) in [5.74, 6) is -0.748. The normalized spacial score (nSPS) is 28.8. The molecule has 2 aliphatic rings. The van der Waals surface area contributed by atoms with E-state index in [0.717, 1.165) is 49.7 Å². The minimum atomic E-state index is -0.624. The van der Waals surface area contributed by atoms with Crippen molar-refractivity contribution in [1.82, 2.24) is 5.32 Å². The number of hydrogen-bond donors (Lipinski definition) is 2. The Morgan fingerprint density at radius 3 is 2.41 bits per heavy atom. The number of carboxylic acids is 1. The van der Waals surface area contributed by atoms with Gasteiger partial charge in [-0.05, 0) is 56.4 Å². The van der Waals surface area contributed by atoms with Crippen LogP contribution in [0, 0.1) is 5.92 Å². The Morgan fingerprint density at radius 1 is 1.09 bits per heavy atom. The molecule has 22 heavy (non-hydrogen) atoms. The third-order valence-corrected chi connectivity index (χ3v) is 5.46. The summed E-state index contributed by atoms with van der Waals surface area (Å²) in [4.78, 5) is 13.4. The second-order valence-corrected chi connectivity index (χ2v) is 7.38. The topological polar surface area (TPSA) is 52.6 Å². The minimum Gasteiger partial charge on any atom is -0.481 e. The van der Waals surface area contributed by atoms with Crippen molar-refractivity contribution in [2.45, 2.75) is 44.2 Å². The zero-order valence-corrected chi connectivity index (χ0v) is 14.3. The Morgan fingerprint density at radius 2 is 1.77 bits per heavy atom. The molecule has 3 rings (SSSR count). The van der Waals surface area contributed by atoms with Crippen LogP contribution in [0.15, 0.2) is 28.7 Å². The number of carbonyl (C=O) groups is 1. The lowest BCUT2D eigenvalue weighted by Crippen LogP contribution is -2.42. The van der Waals surface area contributed by atoms with E-state index in [-0.39, 0.29) is 5.92 Å². The molecule has 1 unspecified atom stereocenters. The smallest absolute Gasteiger partial charge is 0.306 e. The fourth-order valence-electron chi connectivity index (χ4n) is 3.62. The Hall–Kier alpha value is -1.07. The lowest BCUT2D eigenvalue weighted by Gasteiger charge is -2.29. The summed E-state index contributed by atoms with van der Waals surface area (Å²) >= 11 is 3.47. The van der Waals surface area contributed by atoms with E-state index >= 15 is 0 Å². The molecule has 0 amide bonds. The van der Waals surface area contributed by atoms with Crippen LogP contribution in [0.2, 0.25) is 0 Å². The summed E-state index contributed by atoms with van der Waals surface area (Å²) in [6.07, 6.45) is 4.78. The van der Waals surface area contributed by atoms with Crippen molar-refractivity contribution in [3.8, 4) is 0 Å². The molecule has 1 aromatic carbocycles. The largest absolute Gasteiger partial charge is 0.481 e. The second kappa shape index (κ2) is 7.01. The first-order valence-electron chi connectivity index (χ1n) is 8.11. The van der Waals surface area contributed by atoms with Gasteiger partial charge >= 0.3 is 5.97 Å². The van der Waals surface area contributed by atoms with Gasteiger partial charge in [0.05, 0.1) is 5.92 Å². The van der Waals surface area contributed by atoms with Gasteiger partial charge in [-0.3, -0.25) is 4.79 Å². The summed E-state index contributed by atoms with van der Waals surface area (Å²) in [6.45, 7) is 2.13. The third kappa shape index (κ3) is 3.82. The van der Waals surface area contributed by atoms with Gasteiger partial charge in [-0.15, -0.1) is 0 Å². The van der Waals surface area contributed by atoms with Crippen LogP contribution in [-0.2, 0) is 4.79 Å². The van der Waals surface area contributed by atoms with Crippen molar-refractivity contribution >= 4 is 27.6 Å². The first-order valence-corrected chi connectivity index (χ1v) is 8.90. The molecular formula is C17H23BrN2O2. The first-order chi connectivity index (χ1) is 10.6. The standard InChI is InChI=1S/C17H23BrN2O2/c18-13-3-7-16(8-4-13)20-10-9-15(11-20)19-14-5-1-12(2-6-14)17(21)22/h3-4,7-8,12,14-15,19H,1-2,5-6,9-11H2,(H,21,22). The van der Waals surface area contributed by atoms with Crippen molar-refractivity contribution in [3.63, 3.8) is 0 Å². The lowest BCUT2D eigenvalue weighted by atomic mass is 9.86. The summed E-state index contributed by atoms with van der Waals surface area (Å²) in [5.41, 5.74) is 1.28. The van der Waals surface area contributed by atoms with E-state index in [1.165, 1.54) is 5.69 Å². The fourth-order valence-corrected chi connectivity index (χ4v) is 3.89. The van der Waals surface area contributed by atoms with Crippen molar-refractivity contribution in [2.24, 2.45) is 5.92 Å². The highest BCUT2D eigenvalue weighted by molar-refractivity contribution is 9.10. The van der Waals surface area contributed by atoms with E-state index in [1.54, 1.807) is 0 Å². The van der Waals surface area contributed by atoms with E-state index in [0.29, 0.717) is 12.1 Å². The molecule has 2 N–H and O–H groups in total. The number of nitrogens with zero attached hydrogens (tertiary/aromatic N) is 1. The number of rotatable bonds is 4. The fraction of sp³-hybridized carbons (Fsp3) is 0.588. The van der Waals surface area contributed by atoms with E-state index in [2.05, 4.69) is 50.4 Å². The molecule has 5 heteroatoms. The average Bonchev–Trinajstić information content (AvgIpc) is 2.97. The molecule has 120 valence electrons. The van der Waals surface area contributed by atoms with Crippen LogP contribution in [0.1, 0.15) is 32.1 Å². The minimum absolute atomic E-state index is 0.124. The van der Waals surface area contributed by atoms with Crippen LogP contribution in [0.3, 0.4) is 0 Å². The summed E-state index contributed by atoms with van der Waals surface area (Å²) < 4.78 is 1.11. The van der Waals surface area contributed by atoms with Gasteiger partial charge in [-0.2, -0.15) is 0 Å². The van der Waals surface area contributed by atoms with Gasteiger partial charge in [0, 0.05) is 35.3 Å². The molecular weight excluding hydrogens is 344 g/mol. The highest BCUT2D eigenvalue weighted by Gasteiger charge is 2.29. The highest BCUT2D eigenvalue weighted by Crippen LogP contribution is 2.27. The Kier molecular flexibility index (Phi) is 5.03. The number of halogens is 1. The van der Waals surface area contributed by atoms with E-state index < -0.39 is 5.97 Å². The third-order valence-electron chi connectivity index (χ3n) is 4.93. The number of benzene rings is 1. The second-order valence-electron chi connectivity index (χ2n) is 6.46. The molecule has 4 nitrogen and oxygen atoms in total. The molecule has 1 saturated carbocycles. The molecule has 0 bridgehead atoms. The Balaban J connectivity index is 1.47. The number of anilines is 1. The van der Waals surface area contributed by atoms with Crippen LogP contribution in [-0.4, -0.2) is 36.2 Å². The van der Waals surface area contributed by atoms with Gasteiger partial charge in [0.1, 0.15) is 0 Å². The predicted molar refractivity (Wildman–Crippen MR) is 91.3 cm³/mol. The summed E-state index contributed by atoms with van der Waals surface area (Å²) in [5, 5.41) is 12.8. The van der Waals surface area contributed by atoms with Crippen molar-refractivity contribution in [1.29, 1.82) is 0 Å². The van der Waals surface area contributed by atoms with Gasteiger partial charge in [-0.25, -0.2) is 0 Å². The van der Waals surface area contributed by atoms with Crippen LogP contribution in [0.5, 0.6) is 0 Å². The van der Waals surface area contributed by atoms with E-state index in [9.17, 15) is 4.79 Å². The molecule has 0 aromatic heterocycles. The van der Waals surface area contributed by atoms with E-state index in [1.807, 2.05) is 0 Å². The number of nitrogens with one attached hydrogen (secondary N) is 1. The molecule has 1 saturated heterocycles. The zero-order chi connectivity index (χ0) is 15.5. The van der Waals surface area contributed by atoms with Gasteiger partial charge < -0.3 is 15.3 Å². The van der Waals surface area contributed by atoms with Crippen LogP contribution < -0.4 is 10.2 Å². The number of carboxylic acid groups (broad SMARTS) is 1. The molecule has 1 aliphatic heterocycles. The quantitative estimate of drug-likeness (QED) is 0.858. The number of aliphatic carboxylic acids is 1. The molecule has 1 aromatic rings. The molecule has 1 aliphatic carbocycles. The van der Waals surface area contributed by atoms with Crippen LogP contribution >= 0.6 is 15.9 Å². The summed E-state index contributed by atoms with van der Waals surface area (Å²) in [6, 6.07) is 9.50. The van der Waals surface area contributed by atoms with Gasteiger partial charge in [0.2, 0.25) is 0 Å². The van der Waals surface area contributed by atoms with Crippen molar-refractivity contribution < 1.29 is 9.90 Å². The monoisotopic (exact) mass is 366 g/mol. The SMILES string of the molecule is O=C(O)C1CCC(NC2CCN(c3ccc(Br)cc3)C2)CC1. The van der Waals surface area contributed by atoms with Gasteiger partial charge in [-0.1, -0.05) is 15.9 Å². The molecule has 0 spiro atoms. The molecule has 1 heterocycles.